The summed E-state index contributed by atoms with van der Waals surface area (Å²) in [6.45, 7) is 0.916. The largest absolute Gasteiger partial charge is 0.459 e. The number of esters is 1. The van der Waals surface area contributed by atoms with Gasteiger partial charge in [0, 0.05) is 48.9 Å². The van der Waals surface area contributed by atoms with Crippen LogP contribution >= 0.6 is 11.6 Å². The van der Waals surface area contributed by atoms with E-state index in [1.54, 1.807) is 12.1 Å². The summed E-state index contributed by atoms with van der Waals surface area (Å²) >= 11 is 5.89. The van der Waals surface area contributed by atoms with Crippen molar-refractivity contribution in [3.05, 3.63) is 64.7 Å². The predicted molar refractivity (Wildman–Crippen MR) is 157 cm³/mol. The van der Waals surface area contributed by atoms with Crippen LogP contribution in [0.4, 0.5) is 5.69 Å². The smallest absolute Gasteiger partial charge is 0.338 e. The van der Waals surface area contributed by atoms with E-state index in [0.717, 1.165) is 35.7 Å². The summed E-state index contributed by atoms with van der Waals surface area (Å²) in [5.41, 5.74) is 2.51. The molecule has 1 atom stereocenters. The summed E-state index contributed by atoms with van der Waals surface area (Å²) < 4.78 is 5.48. The molecule has 0 aliphatic heterocycles. The summed E-state index contributed by atoms with van der Waals surface area (Å²) in [6.07, 6.45) is 13.3. The fourth-order valence-electron chi connectivity index (χ4n) is 4.18. The number of carbonyl (C=O) groups is 1. The van der Waals surface area contributed by atoms with E-state index in [1.165, 1.54) is 51.4 Å². The Balaban J connectivity index is 1.45. The molecule has 0 radical (unpaired) electrons. The van der Waals surface area contributed by atoms with Crippen LogP contribution in [0.2, 0.25) is 5.02 Å². The van der Waals surface area contributed by atoms with Crippen molar-refractivity contribution in [2.75, 3.05) is 25.1 Å². The van der Waals surface area contributed by atoms with Crippen molar-refractivity contribution < 1.29 is 19.7 Å². The van der Waals surface area contributed by atoms with Crippen LogP contribution in [0.15, 0.2) is 48.5 Å². The highest BCUT2D eigenvalue weighted by atomic mass is 35.5. The third-order valence-electron chi connectivity index (χ3n) is 6.41. The number of unbranched alkanes of at least 4 members (excludes halogenated alkanes) is 9. The molecule has 0 saturated carbocycles. The van der Waals surface area contributed by atoms with Gasteiger partial charge in [0.1, 0.15) is 6.10 Å². The molecule has 3 N–H and O–H groups in total. The number of rotatable bonds is 19. The number of aliphatic hydroxyl groups is 2. The summed E-state index contributed by atoms with van der Waals surface area (Å²) in [5.74, 6) is 6.06. The van der Waals surface area contributed by atoms with Gasteiger partial charge in [0.25, 0.3) is 0 Å². The monoisotopic (exact) mass is 541 g/mol. The summed E-state index contributed by atoms with van der Waals surface area (Å²) in [6, 6.07) is 15.0. The van der Waals surface area contributed by atoms with E-state index in [4.69, 9.17) is 26.6 Å². The maximum Gasteiger partial charge on any atom is 0.338 e. The van der Waals surface area contributed by atoms with Gasteiger partial charge in [-0.25, -0.2) is 4.79 Å². The lowest BCUT2D eigenvalue weighted by molar-refractivity contribution is 0.0203. The molecular weight excluding hydrogens is 498 g/mol. The topological polar surface area (TPSA) is 78.8 Å². The fraction of sp³-hybridized carbons (Fsp3) is 0.531. The second-order valence-electron chi connectivity index (χ2n) is 9.65. The van der Waals surface area contributed by atoms with Crippen molar-refractivity contribution in [3.8, 4) is 11.8 Å². The molecule has 0 saturated heterocycles. The Morgan fingerprint density at radius 2 is 1.42 bits per heavy atom. The van der Waals surface area contributed by atoms with Crippen LogP contribution in [-0.2, 0) is 4.74 Å². The van der Waals surface area contributed by atoms with E-state index in [1.807, 2.05) is 36.4 Å². The average molecular weight is 542 g/mol. The lowest BCUT2D eigenvalue weighted by Gasteiger charge is -2.16. The first-order chi connectivity index (χ1) is 18.6. The molecule has 0 bridgehead atoms. The maximum absolute atomic E-state index is 12.4. The molecule has 0 fully saturated rings. The first-order valence-electron chi connectivity index (χ1n) is 14.1. The molecule has 0 aliphatic carbocycles. The second kappa shape index (κ2) is 20.4. The molecule has 6 heteroatoms. The van der Waals surface area contributed by atoms with E-state index in [9.17, 15) is 4.79 Å². The Kier molecular flexibility index (Phi) is 17.1. The number of halogens is 1. The molecule has 2 rings (SSSR count). The number of carbonyl (C=O) groups excluding carboxylic acids is 1. The summed E-state index contributed by atoms with van der Waals surface area (Å²) in [4.78, 5) is 12.4. The number of hydrogen-bond donors (Lipinski definition) is 3. The Morgan fingerprint density at radius 1 is 0.789 bits per heavy atom. The van der Waals surface area contributed by atoms with Gasteiger partial charge >= 0.3 is 5.97 Å². The number of anilines is 1. The minimum Gasteiger partial charge on any atom is -0.459 e. The quantitative estimate of drug-likeness (QED) is 0.0981. The fourth-order valence-corrected chi connectivity index (χ4v) is 4.30. The van der Waals surface area contributed by atoms with Crippen LogP contribution in [0.3, 0.4) is 0 Å². The van der Waals surface area contributed by atoms with Crippen LogP contribution in [0.5, 0.6) is 0 Å². The first-order valence-corrected chi connectivity index (χ1v) is 14.5. The zero-order chi connectivity index (χ0) is 27.3. The molecule has 0 spiro atoms. The lowest BCUT2D eigenvalue weighted by atomic mass is 10.1. The minimum absolute atomic E-state index is 0.0453. The van der Waals surface area contributed by atoms with E-state index in [2.05, 4.69) is 17.2 Å². The first kappa shape index (κ1) is 31.7. The number of aliphatic hydroxyl groups excluding tert-OH is 2. The zero-order valence-corrected chi connectivity index (χ0v) is 23.4. The average Bonchev–Trinajstić information content (AvgIpc) is 2.93. The third-order valence-corrected chi connectivity index (χ3v) is 6.67. The minimum atomic E-state index is -0.393. The highest BCUT2D eigenvalue weighted by Gasteiger charge is 2.15. The standard InChI is InChI=1S/C32H44ClNO4/c33-29-19-15-27(16-20-29)13-10-8-6-4-2-1-3-5-7-9-11-24-34-30-21-17-28(18-22-30)32(37)38-31(23-26-36)14-12-25-35/h15-22,31,34-36H,1-9,11-12,14,23-26H2. The molecule has 0 amide bonds. The predicted octanol–water partition coefficient (Wildman–Crippen LogP) is 7.38. The molecule has 0 heterocycles. The molecule has 208 valence electrons. The molecular formula is C32H44ClNO4. The van der Waals surface area contributed by atoms with Crippen molar-refractivity contribution >= 4 is 23.3 Å². The summed E-state index contributed by atoms with van der Waals surface area (Å²) in [7, 11) is 0. The SMILES string of the molecule is O=C(OC(CCO)CCCO)c1ccc(NCCCCCCCCCCCC#Cc2ccc(Cl)cc2)cc1. The van der Waals surface area contributed by atoms with Gasteiger partial charge in [0.2, 0.25) is 0 Å². The van der Waals surface area contributed by atoms with Gasteiger partial charge in [-0.1, -0.05) is 68.4 Å². The Morgan fingerprint density at radius 3 is 2.05 bits per heavy atom. The van der Waals surface area contributed by atoms with Gasteiger partial charge in [-0.2, -0.15) is 0 Å². The molecule has 5 nitrogen and oxygen atoms in total. The Hall–Kier alpha value is -2.52. The molecule has 0 aromatic heterocycles. The van der Waals surface area contributed by atoms with Gasteiger partial charge in [-0.15, -0.1) is 0 Å². The van der Waals surface area contributed by atoms with Gasteiger partial charge < -0.3 is 20.3 Å². The van der Waals surface area contributed by atoms with Crippen molar-refractivity contribution in [1.29, 1.82) is 0 Å². The van der Waals surface area contributed by atoms with Gasteiger partial charge in [0.05, 0.1) is 5.56 Å². The number of ether oxygens (including phenoxy) is 1. The maximum atomic E-state index is 12.4. The van der Waals surface area contributed by atoms with E-state index in [0.29, 0.717) is 24.8 Å². The molecule has 2 aromatic rings. The highest BCUT2D eigenvalue weighted by Crippen LogP contribution is 2.15. The number of hydrogen-bond acceptors (Lipinski definition) is 5. The van der Waals surface area contributed by atoms with Gasteiger partial charge in [0.15, 0.2) is 0 Å². The second-order valence-corrected chi connectivity index (χ2v) is 10.1. The third kappa shape index (κ3) is 14.4. The van der Waals surface area contributed by atoms with Crippen LogP contribution < -0.4 is 5.32 Å². The molecule has 38 heavy (non-hydrogen) atoms. The van der Waals surface area contributed by atoms with Gasteiger partial charge in [-0.05, 0) is 74.2 Å². The zero-order valence-electron chi connectivity index (χ0n) is 22.6. The number of benzene rings is 2. The number of nitrogens with one attached hydrogen (secondary N) is 1. The molecule has 1 unspecified atom stereocenters. The van der Waals surface area contributed by atoms with Crippen molar-refractivity contribution in [3.63, 3.8) is 0 Å². The van der Waals surface area contributed by atoms with Crippen LogP contribution in [-0.4, -0.2) is 42.0 Å². The molecule has 2 aromatic carbocycles. The van der Waals surface area contributed by atoms with E-state index >= 15 is 0 Å². The van der Waals surface area contributed by atoms with Crippen molar-refractivity contribution in [1.82, 2.24) is 0 Å². The van der Waals surface area contributed by atoms with E-state index in [-0.39, 0.29) is 19.3 Å². The van der Waals surface area contributed by atoms with Gasteiger partial charge in [-0.3, -0.25) is 0 Å². The van der Waals surface area contributed by atoms with Crippen LogP contribution in [0, 0.1) is 11.8 Å². The van der Waals surface area contributed by atoms with Crippen molar-refractivity contribution in [2.45, 2.75) is 89.6 Å². The lowest BCUT2D eigenvalue weighted by Crippen LogP contribution is -2.20. The van der Waals surface area contributed by atoms with Crippen molar-refractivity contribution in [2.24, 2.45) is 0 Å². The van der Waals surface area contributed by atoms with Crippen LogP contribution in [0.1, 0.15) is 99.4 Å². The molecule has 0 aliphatic rings. The van der Waals surface area contributed by atoms with Crippen LogP contribution in [0.25, 0.3) is 0 Å². The normalized spacial score (nSPS) is 11.4. The summed E-state index contributed by atoms with van der Waals surface area (Å²) in [5, 5.41) is 22.3. The Labute approximate surface area is 234 Å². The van der Waals surface area contributed by atoms with E-state index < -0.39 is 5.97 Å². The highest BCUT2D eigenvalue weighted by molar-refractivity contribution is 6.30. The Bertz CT molecular complexity index is 950.